The van der Waals surface area contributed by atoms with Gasteiger partial charge in [-0.3, -0.25) is 28.9 Å². The van der Waals surface area contributed by atoms with Gasteiger partial charge in [-0.15, -0.1) is 0 Å². The van der Waals surface area contributed by atoms with Gasteiger partial charge in [-0.25, -0.2) is 14.3 Å². The monoisotopic (exact) mass is 554 g/mol. The summed E-state index contributed by atoms with van der Waals surface area (Å²) in [5, 5.41) is 6.87. The molecule has 0 saturated heterocycles. The predicted molar refractivity (Wildman–Crippen MR) is 133 cm³/mol. The van der Waals surface area contributed by atoms with Crippen LogP contribution in [0.5, 0.6) is 0 Å². The Morgan fingerprint density at radius 1 is 1.16 bits per heavy atom. The Bertz CT molecular complexity index is 1330. The molecule has 1 aromatic carbocycles. The molecule has 10 nitrogen and oxygen atoms in total. The molecule has 14 heteroatoms. The van der Waals surface area contributed by atoms with E-state index in [2.05, 4.69) is 20.9 Å². The highest BCUT2D eigenvalue weighted by Gasteiger charge is 2.25. The number of hydrogen-bond acceptors (Lipinski definition) is 6. The first-order valence-corrected chi connectivity index (χ1v) is 11.4. The molecular weight excluding hydrogens is 533 g/mol. The van der Waals surface area contributed by atoms with Crippen molar-refractivity contribution in [2.45, 2.75) is 19.9 Å². The fraction of sp³-hybridized carbons (Fsp3) is 0.261. The number of anilines is 1. The van der Waals surface area contributed by atoms with Gasteiger partial charge in [0.25, 0.3) is 24.1 Å². The van der Waals surface area contributed by atoms with Crippen LogP contribution in [0.3, 0.4) is 0 Å². The van der Waals surface area contributed by atoms with Gasteiger partial charge in [0.1, 0.15) is 17.9 Å². The number of nitrogens with one attached hydrogen (secondary N) is 2. The van der Waals surface area contributed by atoms with Crippen molar-refractivity contribution in [3.8, 4) is 11.4 Å². The van der Waals surface area contributed by atoms with E-state index in [4.69, 9.17) is 28.0 Å². The summed E-state index contributed by atoms with van der Waals surface area (Å²) in [5.74, 6) is -1.94. The van der Waals surface area contributed by atoms with Crippen LogP contribution in [0.25, 0.3) is 11.4 Å². The molecule has 2 heterocycles. The number of carbonyl (C=O) groups is 3. The third kappa shape index (κ3) is 6.79. The summed E-state index contributed by atoms with van der Waals surface area (Å²) in [6, 6.07) is 5.86. The summed E-state index contributed by atoms with van der Waals surface area (Å²) in [6.07, 6.45) is -0.251. The van der Waals surface area contributed by atoms with Gasteiger partial charge in [-0.2, -0.15) is 5.10 Å². The third-order valence-corrected chi connectivity index (χ3v) is 5.54. The Balaban J connectivity index is 1.95. The maximum atomic E-state index is 13.3. The zero-order valence-electron chi connectivity index (χ0n) is 19.9. The molecule has 0 radical (unpaired) electrons. The summed E-state index contributed by atoms with van der Waals surface area (Å²) < 4.78 is 27.3. The lowest BCUT2D eigenvalue weighted by Crippen LogP contribution is -2.32. The SMILES string of the molecule is Cc1cc(Cl)cc(C(=O)NOCC(=O)N(C)C)c1NC(=O)c1cnn(CC(F)F)c1-c1ncccc1Cl. The Labute approximate surface area is 220 Å². The highest BCUT2D eigenvalue weighted by molar-refractivity contribution is 6.33. The van der Waals surface area contributed by atoms with Gasteiger partial charge in [-0.1, -0.05) is 23.2 Å². The first-order chi connectivity index (χ1) is 17.5. The average molecular weight is 555 g/mol. The number of likely N-dealkylation sites (N-methyl/N-ethyl adjacent to an activating group) is 1. The number of amides is 3. The summed E-state index contributed by atoms with van der Waals surface area (Å²) in [4.78, 5) is 48.2. The number of benzene rings is 1. The number of nitrogens with zero attached hydrogens (tertiary/aromatic N) is 4. The molecule has 0 atom stereocenters. The molecule has 196 valence electrons. The molecule has 0 aliphatic heterocycles. The van der Waals surface area contributed by atoms with Crippen LogP contribution in [0.1, 0.15) is 26.3 Å². The zero-order valence-corrected chi connectivity index (χ0v) is 21.4. The maximum Gasteiger partial charge on any atom is 0.277 e. The van der Waals surface area contributed by atoms with Crippen molar-refractivity contribution in [3.05, 3.63) is 63.4 Å². The second kappa shape index (κ2) is 12.1. The van der Waals surface area contributed by atoms with Crippen molar-refractivity contribution in [1.82, 2.24) is 25.1 Å². The Kier molecular flexibility index (Phi) is 9.14. The number of alkyl halides is 2. The van der Waals surface area contributed by atoms with Crippen LogP contribution >= 0.6 is 23.2 Å². The summed E-state index contributed by atoms with van der Waals surface area (Å²) >= 11 is 12.3. The van der Waals surface area contributed by atoms with Crippen LogP contribution in [0, 0.1) is 6.92 Å². The van der Waals surface area contributed by atoms with Gasteiger partial charge in [-0.05, 0) is 36.8 Å². The van der Waals surface area contributed by atoms with E-state index in [0.29, 0.717) is 5.56 Å². The highest BCUT2D eigenvalue weighted by atomic mass is 35.5. The maximum absolute atomic E-state index is 13.3. The van der Waals surface area contributed by atoms with Crippen molar-refractivity contribution in [3.63, 3.8) is 0 Å². The van der Waals surface area contributed by atoms with Crippen molar-refractivity contribution < 1.29 is 28.0 Å². The minimum Gasteiger partial charge on any atom is -0.347 e. The summed E-state index contributed by atoms with van der Waals surface area (Å²) in [5.41, 5.74) is 2.54. The van der Waals surface area contributed by atoms with E-state index in [0.717, 1.165) is 10.9 Å². The molecule has 0 aliphatic rings. The van der Waals surface area contributed by atoms with Gasteiger partial charge in [0, 0.05) is 25.3 Å². The number of aryl methyl sites for hydroxylation is 1. The molecule has 2 N–H and O–H groups in total. The minimum absolute atomic E-state index is 0.0217. The summed E-state index contributed by atoms with van der Waals surface area (Å²) in [7, 11) is 3.05. The third-order valence-electron chi connectivity index (χ3n) is 5.02. The second-order valence-corrected chi connectivity index (χ2v) is 8.76. The number of carbonyl (C=O) groups excluding carboxylic acids is 3. The normalized spacial score (nSPS) is 10.9. The van der Waals surface area contributed by atoms with Gasteiger partial charge in [0.2, 0.25) is 0 Å². The number of hydrogen-bond donors (Lipinski definition) is 2. The van der Waals surface area contributed by atoms with E-state index in [1.165, 1.54) is 43.4 Å². The molecule has 3 aromatic rings. The van der Waals surface area contributed by atoms with E-state index >= 15 is 0 Å². The zero-order chi connectivity index (χ0) is 27.3. The fourth-order valence-corrected chi connectivity index (χ4v) is 3.73. The van der Waals surface area contributed by atoms with E-state index in [9.17, 15) is 23.2 Å². The van der Waals surface area contributed by atoms with Crippen LogP contribution in [-0.2, 0) is 16.2 Å². The molecular formula is C23H22Cl2F2N6O4. The van der Waals surface area contributed by atoms with Gasteiger partial charge < -0.3 is 10.2 Å². The molecule has 0 unspecified atom stereocenters. The average Bonchev–Trinajstić information content (AvgIpc) is 3.23. The molecule has 0 aliphatic carbocycles. The number of rotatable bonds is 9. The first kappa shape index (κ1) is 28.0. The van der Waals surface area contributed by atoms with E-state index in [1.54, 1.807) is 13.0 Å². The van der Waals surface area contributed by atoms with Crippen molar-refractivity contribution >= 4 is 46.6 Å². The van der Waals surface area contributed by atoms with Crippen molar-refractivity contribution in [2.75, 3.05) is 26.0 Å². The predicted octanol–water partition coefficient (Wildman–Crippen LogP) is 3.83. The lowest BCUT2D eigenvalue weighted by molar-refractivity contribution is -0.135. The van der Waals surface area contributed by atoms with Gasteiger partial charge >= 0.3 is 0 Å². The van der Waals surface area contributed by atoms with Gasteiger partial charge in [0.15, 0.2) is 6.61 Å². The quantitative estimate of drug-likeness (QED) is 0.388. The lowest BCUT2D eigenvalue weighted by atomic mass is 10.1. The largest absolute Gasteiger partial charge is 0.347 e. The first-order valence-electron chi connectivity index (χ1n) is 10.7. The number of hydroxylamine groups is 1. The Hall–Kier alpha value is -3.61. The molecule has 0 saturated carbocycles. The van der Waals surface area contributed by atoms with Crippen LogP contribution < -0.4 is 10.8 Å². The number of halogens is 4. The smallest absolute Gasteiger partial charge is 0.277 e. The van der Waals surface area contributed by atoms with E-state index in [1.807, 2.05) is 0 Å². The minimum atomic E-state index is -2.76. The van der Waals surface area contributed by atoms with E-state index in [-0.39, 0.29) is 38.2 Å². The number of aromatic nitrogens is 3. The van der Waals surface area contributed by atoms with Crippen LogP contribution in [0.2, 0.25) is 10.0 Å². The molecule has 0 bridgehead atoms. The molecule has 0 spiro atoms. The van der Waals surface area contributed by atoms with Crippen LogP contribution in [0.15, 0.2) is 36.7 Å². The molecule has 37 heavy (non-hydrogen) atoms. The standard InChI is InChI=1S/C23H22Cl2F2N6O4/c1-12-7-13(24)8-14(23(36)31-37-11-18(34)32(2)3)19(12)30-22(35)15-9-29-33(10-17(26)27)21(15)20-16(25)5-4-6-28-20/h4-9,17H,10-11H2,1-3H3,(H,30,35)(H,31,36). The van der Waals surface area contributed by atoms with Crippen molar-refractivity contribution in [2.24, 2.45) is 0 Å². The summed E-state index contributed by atoms with van der Waals surface area (Å²) in [6.45, 7) is 0.384. The fourth-order valence-electron chi connectivity index (χ4n) is 3.25. The van der Waals surface area contributed by atoms with Gasteiger partial charge in [0.05, 0.1) is 28.0 Å². The van der Waals surface area contributed by atoms with Crippen LogP contribution in [-0.4, -0.2) is 64.5 Å². The molecule has 2 aromatic heterocycles. The van der Waals surface area contributed by atoms with E-state index < -0.39 is 37.3 Å². The van der Waals surface area contributed by atoms with Crippen LogP contribution in [0.4, 0.5) is 14.5 Å². The molecule has 3 amide bonds. The highest BCUT2D eigenvalue weighted by Crippen LogP contribution is 2.31. The Morgan fingerprint density at radius 2 is 1.89 bits per heavy atom. The topological polar surface area (TPSA) is 118 Å². The Morgan fingerprint density at radius 3 is 2.54 bits per heavy atom. The molecule has 0 fully saturated rings. The second-order valence-electron chi connectivity index (χ2n) is 7.92. The lowest BCUT2D eigenvalue weighted by Gasteiger charge is -2.16. The van der Waals surface area contributed by atoms with Crippen molar-refractivity contribution in [1.29, 1.82) is 0 Å². The number of pyridine rings is 1. The molecule has 3 rings (SSSR count).